The largest absolute Gasteiger partial charge is 0.324 e. The second-order valence-corrected chi connectivity index (χ2v) is 4.86. The first-order valence-electron chi connectivity index (χ1n) is 5.42. The molecule has 4 N–H and O–H groups in total. The fourth-order valence-electron chi connectivity index (χ4n) is 1.95. The van der Waals surface area contributed by atoms with E-state index in [1.807, 2.05) is 6.07 Å². The van der Waals surface area contributed by atoms with Crippen LogP contribution in [-0.2, 0) is 0 Å². The van der Waals surface area contributed by atoms with Gasteiger partial charge in [-0.3, -0.25) is 5.43 Å². The Labute approximate surface area is 91.0 Å². The number of hydrogen-bond donors (Lipinski definition) is 3. The zero-order chi connectivity index (χ0) is 10.9. The molecule has 1 saturated heterocycles. The molecule has 3 heteroatoms. The molecule has 1 aromatic rings. The van der Waals surface area contributed by atoms with Crippen LogP contribution in [0.25, 0.3) is 0 Å². The Hall–Kier alpha value is -0.900. The van der Waals surface area contributed by atoms with Crippen molar-refractivity contribution in [2.75, 3.05) is 0 Å². The van der Waals surface area contributed by atoms with Crippen LogP contribution in [0.3, 0.4) is 0 Å². The quantitative estimate of drug-likeness (QED) is 0.682. The molecular formula is C12H19N3. The first-order valence-corrected chi connectivity index (χ1v) is 5.42. The number of hydrazine groups is 1. The van der Waals surface area contributed by atoms with Crippen LogP contribution in [0.4, 0.5) is 0 Å². The van der Waals surface area contributed by atoms with E-state index in [-0.39, 0.29) is 5.54 Å². The summed E-state index contributed by atoms with van der Waals surface area (Å²) in [4.78, 5) is 0. The topological polar surface area (TPSA) is 50.1 Å². The van der Waals surface area contributed by atoms with Crippen LogP contribution < -0.4 is 16.6 Å². The van der Waals surface area contributed by atoms with Gasteiger partial charge in [0.1, 0.15) is 0 Å². The normalized spacial score (nSPS) is 26.9. The Morgan fingerprint density at radius 1 is 1.20 bits per heavy atom. The lowest BCUT2D eigenvalue weighted by molar-refractivity contribution is 0.365. The minimum Gasteiger partial charge on any atom is -0.324 e. The van der Waals surface area contributed by atoms with Crippen LogP contribution in [0.5, 0.6) is 0 Å². The van der Waals surface area contributed by atoms with Crippen molar-refractivity contribution in [2.24, 2.45) is 5.73 Å². The van der Waals surface area contributed by atoms with Crippen LogP contribution in [0.1, 0.15) is 31.9 Å². The predicted molar refractivity (Wildman–Crippen MR) is 62.1 cm³/mol. The molecule has 1 aliphatic heterocycles. The van der Waals surface area contributed by atoms with E-state index in [2.05, 4.69) is 49.0 Å². The Morgan fingerprint density at radius 3 is 2.40 bits per heavy atom. The third-order valence-corrected chi connectivity index (χ3v) is 3.00. The van der Waals surface area contributed by atoms with Gasteiger partial charge in [-0.25, -0.2) is 5.43 Å². The average molecular weight is 205 g/mol. The minimum absolute atomic E-state index is 0.184. The molecule has 3 nitrogen and oxygen atoms in total. The van der Waals surface area contributed by atoms with Crippen LogP contribution in [0, 0.1) is 0 Å². The van der Waals surface area contributed by atoms with Crippen LogP contribution in [0.15, 0.2) is 30.3 Å². The second kappa shape index (κ2) is 3.93. The molecule has 0 aromatic heterocycles. The highest BCUT2D eigenvalue weighted by Gasteiger charge is 2.33. The van der Waals surface area contributed by atoms with Crippen LogP contribution in [-0.4, -0.2) is 11.6 Å². The predicted octanol–water partition coefficient (Wildman–Crippen LogP) is 1.33. The molecule has 2 atom stereocenters. The van der Waals surface area contributed by atoms with Crippen molar-refractivity contribution in [2.45, 2.75) is 37.9 Å². The summed E-state index contributed by atoms with van der Waals surface area (Å²) in [6, 6.07) is 11.2. The van der Waals surface area contributed by atoms with E-state index < -0.39 is 0 Å². The summed E-state index contributed by atoms with van der Waals surface area (Å²) in [5.41, 5.74) is 13.8. The lowest BCUT2D eigenvalue weighted by atomic mass is 9.91. The Kier molecular flexibility index (Phi) is 2.78. The fourth-order valence-corrected chi connectivity index (χ4v) is 1.95. The third-order valence-electron chi connectivity index (χ3n) is 3.00. The van der Waals surface area contributed by atoms with Gasteiger partial charge in [0.05, 0.1) is 0 Å². The Balaban J connectivity index is 2.05. The van der Waals surface area contributed by atoms with Crippen molar-refractivity contribution in [3.05, 3.63) is 35.9 Å². The van der Waals surface area contributed by atoms with E-state index in [1.165, 1.54) is 5.56 Å². The molecule has 0 radical (unpaired) electrons. The van der Waals surface area contributed by atoms with Crippen molar-refractivity contribution in [3.8, 4) is 0 Å². The highest BCUT2D eigenvalue weighted by Crippen LogP contribution is 2.25. The van der Waals surface area contributed by atoms with Crippen molar-refractivity contribution >= 4 is 0 Å². The first-order chi connectivity index (χ1) is 7.07. The number of nitrogens with two attached hydrogens (primary N) is 1. The molecular weight excluding hydrogens is 186 g/mol. The third kappa shape index (κ3) is 2.37. The van der Waals surface area contributed by atoms with Gasteiger partial charge in [-0.2, -0.15) is 0 Å². The molecule has 82 valence electrons. The lowest BCUT2D eigenvalue weighted by Crippen LogP contribution is -2.51. The van der Waals surface area contributed by atoms with Crippen molar-refractivity contribution in [1.29, 1.82) is 0 Å². The Bertz CT molecular complexity index is 315. The highest BCUT2D eigenvalue weighted by atomic mass is 15.4. The number of hydrogen-bond acceptors (Lipinski definition) is 3. The van der Waals surface area contributed by atoms with Gasteiger partial charge in [0.15, 0.2) is 0 Å². The number of benzene rings is 1. The van der Waals surface area contributed by atoms with Gasteiger partial charge in [0.2, 0.25) is 0 Å². The van der Waals surface area contributed by atoms with Crippen LogP contribution >= 0.6 is 0 Å². The van der Waals surface area contributed by atoms with Gasteiger partial charge >= 0.3 is 0 Å². The maximum absolute atomic E-state index is 6.08. The van der Waals surface area contributed by atoms with E-state index in [9.17, 15) is 0 Å². The summed E-state index contributed by atoms with van der Waals surface area (Å²) in [6.45, 7) is 4.11. The standard InChI is InChI=1S/C12H19N3/c1-12(2,13)11-8-10(14-15-11)9-6-4-3-5-7-9/h3-7,10-11,14-15H,8,13H2,1-2H3. The van der Waals surface area contributed by atoms with Gasteiger partial charge < -0.3 is 5.73 Å². The second-order valence-electron chi connectivity index (χ2n) is 4.86. The first kappa shape index (κ1) is 10.6. The summed E-state index contributed by atoms with van der Waals surface area (Å²) in [7, 11) is 0. The molecule has 1 aliphatic rings. The number of rotatable bonds is 2. The van der Waals surface area contributed by atoms with E-state index in [0.29, 0.717) is 12.1 Å². The maximum atomic E-state index is 6.08. The summed E-state index contributed by atoms with van der Waals surface area (Å²) in [6.07, 6.45) is 1.04. The van der Waals surface area contributed by atoms with Crippen molar-refractivity contribution < 1.29 is 0 Å². The SMILES string of the molecule is CC(C)(N)C1CC(c2ccccc2)NN1. The monoisotopic (exact) mass is 205 g/mol. The van der Waals surface area contributed by atoms with E-state index >= 15 is 0 Å². The van der Waals surface area contributed by atoms with Crippen molar-refractivity contribution in [1.82, 2.24) is 10.9 Å². The zero-order valence-corrected chi connectivity index (χ0v) is 9.33. The maximum Gasteiger partial charge on any atom is 0.0478 e. The molecule has 1 fully saturated rings. The highest BCUT2D eigenvalue weighted by molar-refractivity contribution is 5.20. The van der Waals surface area contributed by atoms with E-state index in [1.54, 1.807) is 0 Å². The summed E-state index contributed by atoms with van der Waals surface area (Å²) >= 11 is 0. The molecule has 0 amide bonds. The molecule has 1 heterocycles. The fraction of sp³-hybridized carbons (Fsp3) is 0.500. The van der Waals surface area contributed by atoms with Gasteiger partial charge in [-0.1, -0.05) is 30.3 Å². The lowest BCUT2D eigenvalue weighted by Gasteiger charge is -2.26. The Morgan fingerprint density at radius 2 is 1.87 bits per heavy atom. The molecule has 2 unspecified atom stereocenters. The summed E-state index contributed by atoms with van der Waals surface area (Å²) in [5, 5.41) is 0. The summed E-state index contributed by atoms with van der Waals surface area (Å²) in [5.74, 6) is 0. The molecule has 2 rings (SSSR count). The number of nitrogens with one attached hydrogen (secondary N) is 2. The minimum atomic E-state index is -0.184. The van der Waals surface area contributed by atoms with Gasteiger partial charge in [0, 0.05) is 17.6 Å². The van der Waals surface area contributed by atoms with Crippen LogP contribution in [0.2, 0.25) is 0 Å². The van der Waals surface area contributed by atoms with E-state index in [4.69, 9.17) is 5.73 Å². The molecule has 0 saturated carbocycles. The van der Waals surface area contributed by atoms with Gasteiger partial charge in [0.25, 0.3) is 0 Å². The molecule has 15 heavy (non-hydrogen) atoms. The smallest absolute Gasteiger partial charge is 0.0478 e. The average Bonchev–Trinajstić information content (AvgIpc) is 2.67. The summed E-state index contributed by atoms with van der Waals surface area (Å²) < 4.78 is 0. The van der Waals surface area contributed by atoms with E-state index in [0.717, 1.165) is 6.42 Å². The molecule has 0 spiro atoms. The molecule has 0 aliphatic carbocycles. The van der Waals surface area contributed by atoms with Gasteiger partial charge in [-0.05, 0) is 25.8 Å². The van der Waals surface area contributed by atoms with Crippen molar-refractivity contribution in [3.63, 3.8) is 0 Å². The molecule has 0 bridgehead atoms. The van der Waals surface area contributed by atoms with Gasteiger partial charge in [-0.15, -0.1) is 0 Å². The zero-order valence-electron chi connectivity index (χ0n) is 9.33. The molecule has 1 aromatic carbocycles.